The van der Waals surface area contributed by atoms with Crippen molar-refractivity contribution in [2.24, 2.45) is 0 Å². The molecule has 0 bridgehead atoms. The van der Waals surface area contributed by atoms with E-state index >= 15 is 0 Å². The van der Waals surface area contributed by atoms with Crippen LogP contribution in [0, 0.1) is 0 Å². The van der Waals surface area contributed by atoms with Crippen LogP contribution in [0.2, 0.25) is 0 Å². The van der Waals surface area contributed by atoms with Crippen LogP contribution in [-0.4, -0.2) is 29.6 Å². The van der Waals surface area contributed by atoms with Crippen LogP contribution in [0.3, 0.4) is 0 Å². The number of hydrogen-bond donors (Lipinski definition) is 3. The molecule has 2 amide bonds. The summed E-state index contributed by atoms with van der Waals surface area (Å²) in [7, 11) is 0. The van der Waals surface area contributed by atoms with E-state index in [1.807, 2.05) is 0 Å². The third-order valence-electron chi connectivity index (χ3n) is 5.68. The average Bonchev–Trinajstić information content (AvgIpc) is 2.83. The molecule has 3 rings (SSSR count). The summed E-state index contributed by atoms with van der Waals surface area (Å²) < 4.78 is 5.68. The monoisotopic (exact) mass is 467 g/mol. The van der Waals surface area contributed by atoms with Gasteiger partial charge in [-0.2, -0.15) is 0 Å². The molecule has 0 aliphatic heterocycles. The van der Waals surface area contributed by atoms with Gasteiger partial charge in [-0.1, -0.05) is 45.1 Å². The molecule has 6 nitrogen and oxygen atoms in total. The van der Waals surface area contributed by atoms with E-state index in [-0.39, 0.29) is 23.0 Å². The molecule has 0 aromatic heterocycles. The fourth-order valence-corrected chi connectivity index (χ4v) is 4.05. The van der Waals surface area contributed by atoms with Gasteiger partial charge in [-0.25, -0.2) is 0 Å². The highest BCUT2D eigenvalue weighted by atomic mass is 32.1. The molecule has 2 aromatic rings. The highest BCUT2D eigenvalue weighted by Gasteiger charge is 2.17. The summed E-state index contributed by atoms with van der Waals surface area (Å²) in [6.07, 6.45) is 8.93. The Hall–Kier alpha value is -2.93. The minimum Gasteiger partial charge on any atom is -0.494 e. The second kappa shape index (κ2) is 12.9. The van der Waals surface area contributed by atoms with Crippen LogP contribution in [0.15, 0.2) is 48.5 Å². The fourth-order valence-electron chi connectivity index (χ4n) is 3.84. The number of carbonyl (C=O) groups excluding carboxylic acids is 2. The number of rotatable bonds is 9. The quantitative estimate of drug-likeness (QED) is 0.338. The van der Waals surface area contributed by atoms with Gasteiger partial charge in [0.15, 0.2) is 5.11 Å². The number of anilines is 1. The normalized spacial score (nSPS) is 13.7. The van der Waals surface area contributed by atoms with Gasteiger partial charge >= 0.3 is 0 Å². The molecule has 7 heteroatoms. The summed E-state index contributed by atoms with van der Waals surface area (Å²) in [4.78, 5) is 25.1. The molecule has 2 aromatic carbocycles. The summed E-state index contributed by atoms with van der Waals surface area (Å²) in [6.45, 7) is 2.82. The van der Waals surface area contributed by atoms with E-state index in [4.69, 9.17) is 17.0 Å². The first kappa shape index (κ1) is 24.7. The van der Waals surface area contributed by atoms with E-state index in [1.165, 1.54) is 6.42 Å². The summed E-state index contributed by atoms with van der Waals surface area (Å²) in [5.74, 6) is 0.348. The Labute approximate surface area is 201 Å². The third-order valence-corrected chi connectivity index (χ3v) is 5.89. The van der Waals surface area contributed by atoms with Gasteiger partial charge in [-0.15, -0.1) is 0 Å². The van der Waals surface area contributed by atoms with Gasteiger partial charge < -0.3 is 15.4 Å². The summed E-state index contributed by atoms with van der Waals surface area (Å²) >= 11 is 5.29. The number of unbranched alkanes of at least 4 members (excludes halogenated alkanes) is 2. The zero-order chi connectivity index (χ0) is 23.5. The second-order valence-corrected chi connectivity index (χ2v) is 8.79. The zero-order valence-corrected chi connectivity index (χ0v) is 20.0. The number of hydrogen-bond acceptors (Lipinski definition) is 4. The van der Waals surface area contributed by atoms with Crippen molar-refractivity contribution in [2.45, 2.75) is 64.3 Å². The van der Waals surface area contributed by atoms with Gasteiger partial charge in [-0.3, -0.25) is 14.9 Å². The third kappa shape index (κ3) is 8.17. The first-order valence-electron chi connectivity index (χ1n) is 11.8. The Kier molecular flexibility index (Phi) is 9.69. The zero-order valence-electron chi connectivity index (χ0n) is 19.2. The van der Waals surface area contributed by atoms with Crippen molar-refractivity contribution in [3.05, 3.63) is 59.7 Å². The Bertz CT molecular complexity index is 940. The molecule has 0 unspecified atom stereocenters. The van der Waals surface area contributed by atoms with Crippen molar-refractivity contribution < 1.29 is 14.3 Å². The number of amides is 2. The molecule has 176 valence electrons. The maximum absolute atomic E-state index is 12.6. The number of thiocarbonyl (C=S) groups is 1. The molecular weight excluding hydrogens is 434 g/mol. The SMILES string of the molecule is CCCCCOc1ccc(C(=O)NC(=S)Nc2cccc(C(=O)NC3CCCCC3)c2)cc1. The maximum Gasteiger partial charge on any atom is 0.257 e. The first-order chi connectivity index (χ1) is 16.0. The lowest BCUT2D eigenvalue weighted by atomic mass is 9.95. The summed E-state index contributed by atoms with van der Waals surface area (Å²) in [6, 6.07) is 14.3. The van der Waals surface area contributed by atoms with Crippen LogP contribution < -0.4 is 20.7 Å². The van der Waals surface area contributed by atoms with Crippen LogP contribution in [0.5, 0.6) is 5.75 Å². The minimum absolute atomic E-state index is 0.0856. The van der Waals surface area contributed by atoms with E-state index in [9.17, 15) is 9.59 Å². The van der Waals surface area contributed by atoms with Crippen LogP contribution in [0.25, 0.3) is 0 Å². The van der Waals surface area contributed by atoms with Gasteiger partial charge in [0.05, 0.1) is 6.61 Å². The molecule has 1 aliphatic carbocycles. The highest BCUT2D eigenvalue weighted by Crippen LogP contribution is 2.19. The topological polar surface area (TPSA) is 79.5 Å². The van der Waals surface area contributed by atoms with Crippen LogP contribution in [0.1, 0.15) is 79.0 Å². The van der Waals surface area contributed by atoms with E-state index in [1.54, 1.807) is 48.5 Å². The van der Waals surface area contributed by atoms with Gasteiger partial charge in [0, 0.05) is 22.9 Å². The lowest BCUT2D eigenvalue weighted by molar-refractivity contribution is 0.0926. The minimum atomic E-state index is -0.309. The van der Waals surface area contributed by atoms with Crippen molar-refractivity contribution in [1.29, 1.82) is 0 Å². The standard InChI is InChI=1S/C26H33N3O3S/c1-2-3-7-17-32-23-15-13-19(14-16-23)24(30)29-26(33)28-22-12-8-9-20(18-22)25(31)27-21-10-5-4-6-11-21/h8-9,12-16,18,21H,2-7,10-11,17H2,1H3,(H,27,31)(H2,28,29,30,33). The molecule has 0 spiro atoms. The van der Waals surface area contributed by atoms with Gasteiger partial charge in [0.2, 0.25) is 0 Å². The van der Waals surface area contributed by atoms with Gasteiger partial charge in [-0.05, 0) is 73.9 Å². The Morgan fingerprint density at radius 3 is 2.45 bits per heavy atom. The van der Waals surface area contributed by atoms with E-state index in [2.05, 4.69) is 22.9 Å². The molecule has 1 saturated carbocycles. The Morgan fingerprint density at radius 2 is 1.73 bits per heavy atom. The fraction of sp³-hybridized carbons (Fsp3) is 0.423. The molecule has 1 aliphatic rings. The van der Waals surface area contributed by atoms with Gasteiger partial charge in [0.25, 0.3) is 11.8 Å². The van der Waals surface area contributed by atoms with Crippen molar-refractivity contribution in [1.82, 2.24) is 10.6 Å². The number of carbonyl (C=O) groups is 2. The Balaban J connectivity index is 1.49. The van der Waals surface area contributed by atoms with Crippen molar-refractivity contribution in [3.8, 4) is 5.75 Å². The second-order valence-electron chi connectivity index (χ2n) is 8.38. The predicted molar refractivity (Wildman–Crippen MR) is 136 cm³/mol. The lowest BCUT2D eigenvalue weighted by Gasteiger charge is -2.22. The first-order valence-corrected chi connectivity index (χ1v) is 12.2. The molecular formula is C26H33N3O3S. The maximum atomic E-state index is 12.6. The molecule has 0 radical (unpaired) electrons. The molecule has 33 heavy (non-hydrogen) atoms. The van der Waals surface area contributed by atoms with E-state index in [0.29, 0.717) is 23.4 Å². The summed E-state index contributed by atoms with van der Waals surface area (Å²) in [5, 5.41) is 8.95. The average molecular weight is 468 g/mol. The lowest BCUT2D eigenvalue weighted by Crippen LogP contribution is -2.36. The number of ether oxygens (including phenoxy) is 1. The number of benzene rings is 2. The Morgan fingerprint density at radius 1 is 0.970 bits per heavy atom. The molecule has 3 N–H and O–H groups in total. The van der Waals surface area contributed by atoms with E-state index in [0.717, 1.165) is 50.7 Å². The summed E-state index contributed by atoms with van der Waals surface area (Å²) in [5.41, 5.74) is 1.70. The smallest absolute Gasteiger partial charge is 0.257 e. The van der Waals surface area contributed by atoms with Crippen LogP contribution >= 0.6 is 12.2 Å². The van der Waals surface area contributed by atoms with Crippen LogP contribution in [-0.2, 0) is 0 Å². The van der Waals surface area contributed by atoms with Gasteiger partial charge in [0.1, 0.15) is 5.75 Å². The predicted octanol–water partition coefficient (Wildman–Crippen LogP) is 5.44. The highest BCUT2D eigenvalue weighted by molar-refractivity contribution is 7.80. The molecule has 1 fully saturated rings. The molecule has 0 atom stereocenters. The van der Waals surface area contributed by atoms with E-state index < -0.39 is 0 Å². The molecule has 0 saturated heterocycles. The van der Waals surface area contributed by atoms with Crippen LogP contribution in [0.4, 0.5) is 5.69 Å². The van der Waals surface area contributed by atoms with Crippen molar-refractivity contribution in [2.75, 3.05) is 11.9 Å². The van der Waals surface area contributed by atoms with Crippen molar-refractivity contribution >= 4 is 34.8 Å². The molecule has 0 heterocycles. The number of nitrogens with one attached hydrogen (secondary N) is 3. The largest absolute Gasteiger partial charge is 0.494 e. The van der Waals surface area contributed by atoms with Crippen molar-refractivity contribution in [3.63, 3.8) is 0 Å².